The average Bonchev–Trinajstić information content (AvgIpc) is 2.45. The molecule has 1 aromatic rings. The smallest absolute Gasteiger partial charge is 0.322 e. The van der Waals surface area contributed by atoms with E-state index in [2.05, 4.69) is 9.46 Å². The summed E-state index contributed by atoms with van der Waals surface area (Å²) in [5.74, 6) is -3.36. The molecule has 7 nitrogen and oxygen atoms in total. The van der Waals surface area contributed by atoms with Crippen molar-refractivity contribution in [3.8, 4) is 0 Å². The molecule has 2 N–H and O–H groups in total. The summed E-state index contributed by atoms with van der Waals surface area (Å²) in [7, 11) is -2.77. The van der Waals surface area contributed by atoms with Crippen LogP contribution in [0.2, 0.25) is 0 Å². The fourth-order valence-corrected chi connectivity index (χ4v) is 3.40. The van der Waals surface area contributed by atoms with Crippen LogP contribution in [-0.2, 0) is 30.8 Å². The van der Waals surface area contributed by atoms with E-state index < -0.39 is 39.7 Å². The van der Waals surface area contributed by atoms with Gasteiger partial charge < -0.3 is 9.84 Å². The number of nitrogens with one attached hydrogen (secondary N) is 1. The van der Waals surface area contributed by atoms with Crippen molar-refractivity contribution in [1.82, 2.24) is 4.72 Å². The van der Waals surface area contributed by atoms with Crippen molar-refractivity contribution in [2.24, 2.45) is 5.92 Å². The van der Waals surface area contributed by atoms with Gasteiger partial charge in [0.15, 0.2) is 0 Å². The first-order valence-electron chi connectivity index (χ1n) is 6.59. The fraction of sp³-hybridized carbons (Fsp3) is 0.429. The van der Waals surface area contributed by atoms with E-state index in [0.29, 0.717) is 5.56 Å². The number of methoxy groups -OCH3 is 1. The number of rotatable bonds is 8. The molecule has 1 rings (SSSR count). The third-order valence-corrected chi connectivity index (χ3v) is 4.56. The zero-order chi connectivity index (χ0) is 16.8. The number of carbonyl (C=O) groups is 2. The van der Waals surface area contributed by atoms with Crippen molar-refractivity contribution in [3.05, 3.63) is 35.9 Å². The molecular formula is C14H19NO6S. The monoisotopic (exact) mass is 329 g/mol. The number of carboxylic acids is 1. The van der Waals surface area contributed by atoms with Gasteiger partial charge in [-0.1, -0.05) is 37.3 Å². The lowest BCUT2D eigenvalue weighted by molar-refractivity contribution is -0.144. The summed E-state index contributed by atoms with van der Waals surface area (Å²) in [6, 6.07) is 7.38. The van der Waals surface area contributed by atoms with Crippen molar-refractivity contribution in [1.29, 1.82) is 0 Å². The van der Waals surface area contributed by atoms with Crippen LogP contribution >= 0.6 is 0 Å². The van der Waals surface area contributed by atoms with Gasteiger partial charge in [-0.2, -0.15) is 0 Å². The standard InChI is InChI=1S/C14H19NO6S/c1-10(14(18)21-2)9-22(19,20)15-12(13(16)17)8-11-6-4-3-5-7-11/h3-7,10,12,15H,8-9H2,1-2H3,(H,16,17)/t10?,12-/m1/s1. The third-order valence-electron chi connectivity index (χ3n) is 2.98. The normalized spacial score (nSPS) is 14.1. The Morgan fingerprint density at radius 3 is 2.36 bits per heavy atom. The van der Waals surface area contributed by atoms with E-state index in [-0.39, 0.29) is 6.42 Å². The molecule has 0 saturated heterocycles. The maximum absolute atomic E-state index is 12.0. The molecule has 0 spiro atoms. The second kappa shape index (κ2) is 7.90. The molecule has 0 aliphatic carbocycles. The van der Waals surface area contributed by atoms with Gasteiger partial charge in [0.1, 0.15) is 6.04 Å². The molecule has 0 saturated carbocycles. The SMILES string of the molecule is COC(=O)C(C)CS(=O)(=O)N[C@H](Cc1ccccc1)C(=O)O. The maximum Gasteiger partial charge on any atom is 0.322 e. The van der Waals surface area contributed by atoms with Crippen LogP contribution in [0.1, 0.15) is 12.5 Å². The molecule has 0 bridgehead atoms. The van der Waals surface area contributed by atoms with Crippen molar-refractivity contribution in [2.75, 3.05) is 12.9 Å². The molecular weight excluding hydrogens is 310 g/mol. The molecule has 8 heteroatoms. The summed E-state index contributed by atoms with van der Waals surface area (Å²) in [5.41, 5.74) is 0.693. The molecule has 0 radical (unpaired) electrons. The number of ether oxygens (including phenoxy) is 1. The average molecular weight is 329 g/mol. The number of carboxylic acid groups (broad SMARTS) is 1. The highest BCUT2D eigenvalue weighted by atomic mass is 32.2. The predicted molar refractivity (Wildman–Crippen MR) is 79.7 cm³/mol. The van der Waals surface area contributed by atoms with Crippen LogP contribution in [0, 0.1) is 5.92 Å². The number of esters is 1. The number of hydrogen-bond donors (Lipinski definition) is 2. The Hall–Kier alpha value is -1.93. The van der Waals surface area contributed by atoms with E-state index in [0.717, 1.165) is 7.11 Å². The Kier molecular flexibility index (Phi) is 6.51. The lowest BCUT2D eigenvalue weighted by Crippen LogP contribution is -2.44. The zero-order valence-electron chi connectivity index (χ0n) is 12.4. The van der Waals surface area contributed by atoms with Crippen LogP contribution in [0.3, 0.4) is 0 Å². The lowest BCUT2D eigenvalue weighted by atomic mass is 10.1. The van der Waals surface area contributed by atoms with E-state index in [9.17, 15) is 18.0 Å². The number of carbonyl (C=O) groups excluding carboxylic acids is 1. The molecule has 1 unspecified atom stereocenters. The van der Waals surface area contributed by atoms with Gasteiger partial charge in [0, 0.05) is 0 Å². The largest absolute Gasteiger partial charge is 0.480 e. The number of benzene rings is 1. The van der Waals surface area contributed by atoms with Crippen LogP contribution < -0.4 is 4.72 Å². The second-order valence-corrected chi connectivity index (χ2v) is 6.70. The highest BCUT2D eigenvalue weighted by molar-refractivity contribution is 7.89. The summed E-state index contributed by atoms with van der Waals surface area (Å²) in [6.07, 6.45) is 0.0159. The van der Waals surface area contributed by atoms with Crippen LogP contribution in [0.15, 0.2) is 30.3 Å². The molecule has 0 aliphatic heterocycles. The summed E-state index contributed by atoms with van der Waals surface area (Å²) >= 11 is 0. The quantitative estimate of drug-likeness (QED) is 0.669. The van der Waals surface area contributed by atoms with Crippen LogP contribution in [0.4, 0.5) is 0 Å². The topological polar surface area (TPSA) is 110 Å². The van der Waals surface area contributed by atoms with Crippen molar-refractivity contribution in [3.63, 3.8) is 0 Å². The van der Waals surface area contributed by atoms with Crippen molar-refractivity contribution < 1.29 is 27.9 Å². The van der Waals surface area contributed by atoms with E-state index in [1.54, 1.807) is 30.3 Å². The van der Waals surface area contributed by atoms with Gasteiger partial charge in [0.05, 0.1) is 18.8 Å². The molecule has 0 aliphatic rings. The van der Waals surface area contributed by atoms with E-state index >= 15 is 0 Å². The zero-order valence-corrected chi connectivity index (χ0v) is 13.2. The minimum atomic E-state index is -3.93. The predicted octanol–water partition coefficient (Wildman–Crippen LogP) is 0.411. The second-order valence-electron chi connectivity index (χ2n) is 4.90. The Bertz CT molecular complexity index is 613. The molecule has 0 fully saturated rings. The summed E-state index contributed by atoms with van der Waals surface area (Å²) < 4.78 is 30.5. The molecule has 1 aromatic carbocycles. The van der Waals surface area contributed by atoms with E-state index in [1.807, 2.05) is 0 Å². The summed E-state index contributed by atoms with van der Waals surface area (Å²) in [6.45, 7) is 1.40. The number of hydrogen-bond acceptors (Lipinski definition) is 5. The molecule has 0 amide bonds. The van der Waals surface area contributed by atoms with Gasteiger partial charge in [-0.3, -0.25) is 9.59 Å². The first-order chi connectivity index (χ1) is 10.2. The van der Waals surface area contributed by atoms with Crippen LogP contribution in [0.25, 0.3) is 0 Å². The van der Waals surface area contributed by atoms with Gasteiger partial charge in [0.25, 0.3) is 0 Å². The number of sulfonamides is 1. The van der Waals surface area contributed by atoms with Gasteiger partial charge in [0.2, 0.25) is 10.0 Å². The molecule has 22 heavy (non-hydrogen) atoms. The lowest BCUT2D eigenvalue weighted by Gasteiger charge is -2.16. The van der Waals surface area contributed by atoms with Gasteiger partial charge in [-0.15, -0.1) is 0 Å². The van der Waals surface area contributed by atoms with E-state index in [4.69, 9.17) is 5.11 Å². The summed E-state index contributed by atoms with van der Waals surface area (Å²) in [4.78, 5) is 22.5. The first kappa shape index (κ1) is 18.1. The van der Waals surface area contributed by atoms with E-state index in [1.165, 1.54) is 6.92 Å². The van der Waals surface area contributed by atoms with Gasteiger partial charge >= 0.3 is 11.9 Å². The molecule has 2 atom stereocenters. The molecule has 0 heterocycles. The van der Waals surface area contributed by atoms with Crippen LogP contribution in [-0.4, -0.2) is 44.4 Å². The number of aliphatic carboxylic acids is 1. The Morgan fingerprint density at radius 2 is 1.86 bits per heavy atom. The maximum atomic E-state index is 12.0. The Morgan fingerprint density at radius 1 is 1.27 bits per heavy atom. The van der Waals surface area contributed by atoms with Crippen molar-refractivity contribution >= 4 is 22.0 Å². The molecule has 122 valence electrons. The Balaban J connectivity index is 2.77. The molecule has 0 aromatic heterocycles. The highest BCUT2D eigenvalue weighted by Gasteiger charge is 2.28. The fourth-order valence-electron chi connectivity index (χ4n) is 1.89. The Labute approximate surface area is 129 Å². The van der Waals surface area contributed by atoms with Gasteiger partial charge in [-0.05, 0) is 12.0 Å². The van der Waals surface area contributed by atoms with Gasteiger partial charge in [-0.25, -0.2) is 13.1 Å². The van der Waals surface area contributed by atoms with Crippen molar-refractivity contribution in [2.45, 2.75) is 19.4 Å². The minimum absolute atomic E-state index is 0.0159. The van der Waals surface area contributed by atoms with Crippen LogP contribution in [0.5, 0.6) is 0 Å². The third kappa shape index (κ3) is 5.82. The highest BCUT2D eigenvalue weighted by Crippen LogP contribution is 2.07. The first-order valence-corrected chi connectivity index (χ1v) is 8.25. The summed E-state index contributed by atoms with van der Waals surface area (Å²) in [5, 5.41) is 9.17. The minimum Gasteiger partial charge on any atom is -0.480 e.